The van der Waals surface area contributed by atoms with E-state index in [1.807, 2.05) is 6.07 Å². The summed E-state index contributed by atoms with van der Waals surface area (Å²) in [5.74, 6) is 0. The van der Waals surface area contributed by atoms with Gasteiger partial charge in [-0.05, 0) is 44.6 Å². The third-order valence-corrected chi connectivity index (χ3v) is 2.50. The number of hydrogen-bond donors (Lipinski definition) is 0. The van der Waals surface area contributed by atoms with Gasteiger partial charge in [0.15, 0.2) is 0 Å². The van der Waals surface area contributed by atoms with E-state index in [2.05, 4.69) is 49.6 Å². The normalized spacial score (nSPS) is 9.18. The van der Waals surface area contributed by atoms with Crippen LogP contribution in [0.15, 0.2) is 16.7 Å². The molecule has 1 heterocycles. The molecule has 1 aromatic heterocycles. The van der Waals surface area contributed by atoms with Crippen molar-refractivity contribution in [2.75, 3.05) is 0 Å². The largest absolute Gasteiger partial charge is 0.258 e. The van der Waals surface area contributed by atoms with Gasteiger partial charge in [0.2, 0.25) is 0 Å². The van der Waals surface area contributed by atoms with Crippen LogP contribution in [0, 0.1) is 14.9 Å². The fourth-order valence-electron chi connectivity index (χ4n) is 0.648. The Morgan fingerprint density at radius 1 is 1.73 bits per heavy atom. The van der Waals surface area contributed by atoms with Crippen LogP contribution in [-0.4, -0.2) is 4.98 Å². The molecule has 0 unspecified atom stereocenters. The second kappa shape index (κ2) is 4.02. The van der Waals surface area contributed by atoms with Crippen LogP contribution in [0.1, 0.15) is 5.69 Å². The molecule has 0 atom stereocenters. The summed E-state index contributed by atoms with van der Waals surface area (Å²) in [5.41, 5.74) is 0.844. The standard InChI is InChI=1S/C7H4BrIN2/c8-5-3-6(9)7(1-2-10)11-4-5/h3-4H,1H2. The molecule has 56 valence electrons. The minimum absolute atomic E-state index is 0.381. The molecular weight excluding hydrogens is 319 g/mol. The predicted octanol–water partition coefficient (Wildman–Crippen LogP) is 2.51. The van der Waals surface area contributed by atoms with Crippen molar-refractivity contribution in [3.63, 3.8) is 0 Å². The maximum Gasteiger partial charge on any atom is 0.0785 e. The van der Waals surface area contributed by atoms with Crippen LogP contribution in [-0.2, 0) is 6.42 Å². The minimum atomic E-state index is 0.381. The van der Waals surface area contributed by atoms with Gasteiger partial charge in [-0.1, -0.05) is 0 Å². The molecule has 0 fully saturated rings. The van der Waals surface area contributed by atoms with E-state index >= 15 is 0 Å². The first-order chi connectivity index (χ1) is 5.24. The quantitative estimate of drug-likeness (QED) is 0.745. The van der Waals surface area contributed by atoms with Crippen molar-refractivity contribution in [1.29, 1.82) is 5.26 Å². The van der Waals surface area contributed by atoms with Crippen LogP contribution in [0.3, 0.4) is 0 Å². The van der Waals surface area contributed by atoms with Crippen LogP contribution in [0.2, 0.25) is 0 Å². The molecule has 1 rings (SSSR count). The van der Waals surface area contributed by atoms with Crippen molar-refractivity contribution < 1.29 is 0 Å². The van der Waals surface area contributed by atoms with E-state index in [-0.39, 0.29) is 0 Å². The van der Waals surface area contributed by atoms with Crippen molar-refractivity contribution in [1.82, 2.24) is 4.98 Å². The van der Waals surface area contributed by atoms with Gasteiger partial charge < -0.3 is 0 Å². The summed E-state index contributed by atoms with van der Waals surface area (Å²) in [6, 6.07) is 4.01. The molecule has 2 nitrogen and oxygen atoms in total. The number of rotatable bonds is 1. The molecule has 0 aromatic carbocycles. The van der Waals surface area contributed by atoms with Crippen molar-refractivity contribution in [3.8, 4) is 6.07 Å². The lowest BCUT2D eigenvalue weighted by molar-refractivity contribution is 1.09. The number of pyridine rings is 1. The SMILES string of the molecule is N#CCc1ncc(Br)cc1I. The second-order valence-electron chi connectivity index (χ2n) is 1.92. The Kier molecular flexibility index (Phi) is 3.27. The van der Waals surface area contributed by atoms with Crippen LogP contribution < -0.4 is 0 Å². The number of halogens is 2. The molecule has 0 aliphatic rings. The fraction of sp³-hybridized carbons (Fsp3) is 0.143. The van der Waals surface area contributed by atoms with E-state index < -0.39 is 0 Å². The summed E-state index contributed by atoms with van der Waals surface area (Å²) >= 11 is 5.46. The zero-order valence-electron chi connectivity index (χ0n) is 5.51. The first-order valence-electron chi connectivity index (χ1n) is 2.91. The summed E-state index contributed by atoms with van der Waals surface area (Å²) in [4.78, 5) is 4.09. The Labute approximate surface area is 86.9 Å². The molecule has 0 amide bonds. The molecular formula is C7H4BrIN2. The van der Waals surface area contributed by atoms with E-state index in [9.17, 15) is 0 Å². The van der Waals surface area contributed by atoms with E-state index in [4.69, 9.17) is 5.26 Å². The fourth-order valence-corrected chi connectivity index (χ4v) is 2.07. The Morgan fingerprint density at radius 2 is 2.45 bits per heavy atom. The molecule has 0 saturated heterocycles. The monoisotopic (exact) mass is 322 g/mol. The Hall–Kier alpha value is -0.150. The van der Waals surface area contributed by atoms with Gasteiger partial charge in [-0.3, -0.25) is 4.98 Å². The van der Waals surface area contributed by atoms with Crippen molar-refractivity contribution in [2.45, 2.75) is 6.42 Å². The van der Waals surface area contributed by atoms with Crippen molar-refractivity contribution in [2.24, 2.45) is 0 Å². The summed E-state index contributed by atoms with van der Waals surface area (Å²) < 4.78 is 1.97. The summed E-state index contributed by atoms with van der Waals surface area (Å²) in [6.07, 6.45) is 2.08. The van der Waals surface area contributed by atoms with Gasteiger partial charge in [0.1, 0.15) is 0 Å². The smallest absolute Gasteiger partial charge is 0.0785 e. The highest BCUT2D eigenvalue weighted by Gasteiger charge is 1.99. The maximum absolute atomic E-state index is 8.41. The third kappa shape index (κ3) is 2.42. The first kappa shape index (κ1) is 8.94. The Bertz CT molecular complexity index is 306. The minimum Gasteiger partial charge on any atom is -0.258 e. The Balaban J connectivity index is 3.01. The topological polar surface area (TPSA) is 36.7 Å². The molecule has 0 bridgehead atoms. The highest BCUT2D eigenvalue weighted by atomic mass is 127. The average Bonchev–Trinajstić information content (AvgIpc) is 1.95. The highest BCUT2D eigenvalue weighted by molar-refractivity contribution is 14.1. The summed E-state index contributed by atoms with van der Waals surface area (Å²) in [7, 11) is 0. The Morgan fingerprint density at radius 3 is 3.00 bits per heavy atom. The zero-order chi connectivity index (χ0) is 8.27. The van der Waals surface area contributed by atoms with Crippen molar-refractivity contribution in [3.05, 3.63) is 26.0 Å². The lowest BCUT2D eigenvalue weighted by Gasteiger charge is -1.97. The van der Waals surface area contributed by atoms with Gasteiger partial charge in [0, 0.05) is 14.2 Å². The summed E-state index contributed by atoms with van der Waals surface area (Å²) in [5, 5.41) is 8.41. The molecule has 0 spiro atoms. The molecule has 1 aromatic rings. The van der Waals surface area contributed by atoms with Gasteiger partial charge in [-0.15, -0.1) is 0 Å². The van der Waals surface area contributed by atoms with Crippen LogP contribution in [0.5, 0.6) is 0 Å². The maximum atomic E-state index is 8.41. The highest BCUT2D eigenvalue weighted by Crippen LogP contribution is 2.15. The number of nitriles is 1. The average molecular weight is 323 g/mol. The molecule has 0 N–H and O–H groups in total. The van der Waals surface area contributed by atoms with Gasteiger partial charge >= 0.3 is 0 Å². The van der Waals surface area contributed by atoms with Gasteiger partial charge in [0.25, 0.3) is 0 Å². The number of aromatic nitrogens is 1. The lowest BCUT2D eigenvalue weighted by atomic mass is 10.3. The van der Waals surface area contributed by atoms with Crippen molar-refractivity contribution >= 4 is 38.5 Å². The van der Waals surface area contributed by atoms with Crippen LogP contribution in [0.4, 0.5) is 0 Å². The molecule has 0 saturated carbocycles. The van der Waals surface area contributed by atoms with E-state index in [1.165, 1.54) is 0 Å². The van der Waals surface area contributed by atoms with E-state index in [0.717, 1.165) is 13.7 Å². The molecule has 0 aliphatic carbocycles. The second-order valence-corrected chi connectivity index (χ2v) is 3.99. The van der Waals surface area contributed by atoms with Gasteiger partial charge in [0.05, 0.1) is 18.2 Å². The van der Waals surface area contributed by atoms with Gasteiger partial charge in [-0.25, -0.2) is 0 Å². The number of nitrogens with zero attached hydrogens (tertiary/aromatic N) is 2. The molecule has 0 radical (unpaired) electrons. The molecule has 0 aliphatic heterocycles. The lowest BCUT2D eigenvalue weighted by Crippen LogP contribution is -1.91. The van der Waals surface area contributed by atoms with Crippen LogP contribution >= 0.6 is 38.5 Å². The van der Waals surface area contributed by atoms with Crippen LogP contribution in [0.25, 0.3) is 0 Å². The first-order valence-corrected chi connectivity index (χ1v) is 4.78. The van der Waals surface area contributed by atoms with E-state index in [1.54, 1.807) is 6.20 Å². The summed E-state index contributed by atoms with van der Waals surface area (Å²) in [6.45, 7) is 0. The zero-order valence-corrected chi connectivity index (χ0v) is 9.26. The predicted molar refractivity (Wildman–Crippen MR) is 54.0 cm³/mol. The molecule has 11 heavy (non-hydrogen) atoms. The third-order valence-electron chi connectivity index (χ3n) is 1.13. The van der Waals surface area contributed by atoms with E-state index in [0.29, 0.717) is 6.42 Å². The van der Waals surface area contributed by atoms with Gasteiger partial charge in [-0.2, -0.15) is 5.26 Å². The molecule has 4 heteroatoms. The number of hydrogen-bond acceptors (Lipinski definition) is 2.